The minimum Gasteiger partial charge on any atom is -0.485 e. The normalized spacial score (nSPS) is 10.2. The Morgan fingerprint density at radius 2 is 1.79 bits per heavy atom. The van der Waals surface area contributed by atoms with Crippen molar-refractivity contribution in [1.82, 2.24) is 0 Å². The summed E-state index contributed by atoms with van der Waals surface area (Å²) in [5.74, 6) is 0.126. The molecule has 98 valence electrons. The van der Waals surface area contributed by atoms with Gasteiger partial charge in [-0.3, -0.25) is 10.1 Å². The van der Waals surface area contributed by atoms with Crippen LogP contribution in [-0.2, 0) is 6.61 Å². The molecule has 4 nitrogen and oxygen atoms in total. The second-order valence-electron chi connectivity index (χ2n) is 3.74. The van der Waals surface area contributed by atoms with Gasteiger partial charge in [0.2, 0.25) is 0 Å². The molecular weight excluding hydrogens is 289 g/mol. The molecule has 0 unspecified atom stereocenters. The molecule has 19 heavy (non-hydrogen) atoms. The molecular formula is C13H9Cl2NO3. The highest BCUT2D eigenvalue weighted by Crippen LogP contribution is 2.39. The first-order valence-electron chi connectivity index (χ1n) is 5.38. The third kappa shape index (κ3) is 3.16. The second-order valence-corrected chi connectivity index (χ2v) is 4.53. The molecule has 0 heterocycles. The summed E-state index contributed by atoms with van der Waals surface area (Å²) in [7, 11) is 0. The fraction of sp³-hybridized carbons (Fsp3) is 0.0769. The molecule has 0 saturated carbocycles. The van der Waals surface area contributed by atoms with Crippen molar-refractivity contribution in [1.29, 1.82) is 0 Å². The molecule has 0 amide bonds. The Kier molecular flexibility index (Phi) is 4.24. The second kappa shape index (κ2) is 5.91. The quantitative estimate of drug-likeness (QED) is 0.617. The molecule has 0 N–H and O–H groups in total. The van der Waals surface area contributed by atoms with Gasteiger partial charge in [0.1, 0.15) is 6.61 Å². The molecule has 0 aliphatic carbocycles. The van der Waals surface area contributed by atoms with Crippen LogP contribution in [0.5, 0.6) is 5.75 Å². The number of nitro groups is 1. The Hall–Kier alpha value is -1.78. The lowest BCUT2D eigenvalue weighted by Crippen LogP contribution is -1.98. The Morgan fingerprint density at radius 3 is 2.42 bits per heavy atom. The van der Waals surface area contributed by atoms with E-state index in [1.54, 1.807) is 0 Å². The summed E-state index contributed by atoms with van der Waals surface area (Å²) < 4.78 is 5.48. The van der Waals surface area contributed by atoms with Gasteiger partial charge < -0.3 is 4.74 Å². The van der Waals surface area contributed by atoms with Gasteiger partial charge in [-0.05, 0) is 11.6 Å². The fourth-order valence-electron chi connectivity index (χ4n) is 1.53. The molecule has 0 atom stereocenters. The molecule has 0 aliphatic heterocycles. The van der Waals surface area contributed by atoms with Crippen molar-refractivity contribution in [2.45, 2.75) is 6.61 Å². The summed E-state index contributed by atoms with van der Waals surface area (Å²) >= 11 is 11.9. The standard InChI is InChI=1S/C13H9Cl2NO3/c14-10-6-7-11(16(17)18)12(15)13(10)19-8-9-4-2-1-3-5-9/h1-7H,8H2. The Bertz CT molecular complexity index is 602. The lowest BCUT2D eigenvalue weighted by Gasteiger charge is -2.09. The maximum Gasteiger partial charge on any atom is 0.291 e. The van der Waals surface area contributed by atoms with Gasteiger partial charge in [0, 0.05) is 6.07 Å². The fourth-order valence-corrected chi connectivity index (χ4v) is 2.07. The zero-order valence-corrected chi connectivity index (χ0v) is 11.2. The summed E-state index contributed by atoms with van der Waals surface area (Å²) in [5, 5.41) is 10.9. The van der Waals surface area contributed by atoms with Crippen molar-refractivity contribution < 1.29 is 9.66 Å². The number of halogens is 2. The monoisotopic (exact) mass is 297 g/mol. The van der Waals surface area contributed by atoms with Crippen LogP contribution in [0.1, 0.15) is 5.56 Å². The smallest absolute Gasteiger partial charge is 0.291 e. The van der Waals surface area contributed by atoms with Crippen molar-refractivity contribution in [3.8, 4) is 5.75 Å². The average molecular weight is 298 g/mol. The highest BCUT2D eigenvalue weighted by Gasteiger charge is 2.19. The van der Waals surface area contributed by atoms with E-state index in [1.165, 1.54) is 12.1 Å². The van der Waals surface area contributed by atoms with E-state index in [1.807, 2.05) is 30.3 Å². The van der Waals surface area contributed by atoms with Crippen LogP contribution in [0.15, 0.2) is 42.5 Å². The minimum atomic E-state index is -0.575. The van der Waals surface area contributed by atoms with Gasteiger partial charge in [-0.2, -0.15) is 0 Å². The van der Waals surface area contributed by atoms with E-state index < -0.39 is 4.92 Å². The van der Waals surface area contributed by atoms with E-state index in [9.17, 15) is 10.1 Å². The van der Waals surface area contributed by atoms with Crippen LogP contribution < -0.4 is 4.74 Å². The molecule has 0 bridgehead atoms. The minimum absolute atomic E-state index is 0.0894. The summed E-state index contributed by atoms with van der Waals surface area (Å²) in [6.45, 7) is 0.238. The van der Waals surface area contributed by atoms with Crippen LogP contribution in [0.3, 0.4) is 0 Å². The van der Waals surface area contributed by atoms with Crippen molar-refractivity contribution in [2.75, 3.05) is 0 Å². The van der Waals surface area contributed by atoms with Crippen molar-refractivity contribution in [3.05, 3.63) is 68.2 Å². The Morgan fingerprint density at radius 1 is 1.11 bits per heavy atom. The Balaban J connectivity index is 2.25. The van der Waals surface area contributed by atoms with Crippen molar-refractivity contribution in [2.24, 2.45) is 0 Å². The summed E-state index contributed by atoms with van der Waals surface area (Å²) in [6, 6.07) is 12.0. The highest BCUT2D eigenvalue weighted by atomic mass is 35.5. The van der Waals surface area contributed by atoms with E-state index in [-0.39, 0.29) is 28.1 Å². The van der Waals surface area contributed by atoms with Gasteiger partial charge >= 0.3 is 0 Å². The number of rotatable bonds is 4. The van der Waals surface area contributed by atoms with Gasteiger partial charge in [0.05, 0.1) is 9.95 Å². The number of hydrogen-bond acceptors (Lipinski definition) is 3. The maximum atomic E-state index is 10.8. The van der Waals surface area contributed by atoms with Crippen LogP contribution in [0.25, 0.3) is 0 Å². The molecule has 0 radical (unpaired) electrons. The molecule has 6 heteroatoms. The van der Waals surface area contributed by atoms with E-state index in [0.717, 1.165) is 5.56 Å². The van der Waals surface area contributed by atoms with Crippen molar-refractivity contribution in [3.63, 3.8) is 0 Å². The van der Waals surface area contributed by atoms with Crippen LogP contribution >= 0.6 is 23.2 Å². The summed E-state index contributed by atoms with van der Waals surface area (Å²) in [4.78, 5) is 10.2. The average Bonchev–Trinajstić information content (AvgIpc) is 2.39. The number of ether oxygens (including phenoxy) is 1. The van der Waals surface area contributed by atoms with Crippen LogP contribution in [0.2, 0.25) is 10.0 Å². The van der Waals surface area contributed by atoms with E-state index in [0.29, 0.717) is 0 Å². The molecule has 2 aromatic carbocycles. The van der Waals surface area contributed by atoms with Gasteiger partial charge in [-0.1, -0.05) is 53.5 Å². The third-order valence-corrected chi connectivity index (χ3v) is 3.11. The maximum absolute atomic E-state index is 10.8. The van der Waals surface area contributed by atoms with Crippen molar-refractivity contribution >= 4 is 28.9 Å². The molecule has 0 aliphatic rings. The first-order chi connectivity index (χ1) is 9.09. The van der Waals surface area contributed by atoms with E-state index >= 15 is 0 Å². The van der Waals surface area contributed by atoms with Crippen LogP contribution in [-0.4, -0.2) is 4.92 Å². The first-order valence-corrected chi connectivity index (χ1v) is 6.14. The van der Waals surface area contributed by atoms with Gasteiger partial charge in [-0.25, -0.2) is 0 Å². The first kappa shape index (κ1) is 13.6. The SMILES string of the molecule is O=[N+]([O-])c1ccc(Cl)c(OCc2ccccc2)c1Cl. The predicted octanol–water partition coefficient (Wildman–Crippen LogP) is 4.48. The summed E-state index contributed by atoms with van der Waals surface area (Å²) in [5.41, 5.74) is 0.690. The molecule has 0 aromatic heterocycles. The molecule has 0 fully saturated rings. The van der Waals surface area contributed by atoms with E-state index in [4.69, 9.17) is 27.9 Å². The molecule has 0 spiro atoms. The molecule has 2 rings (SSSR count). The van der Waals surface area contributed by atoms with E-state index in [2.05, 4.69) is 0 Å². The van der Waals surface area contributed by atoms with Crippen LogP contribution in [0, 0.1) is 10.1 Å². The zero-order valence-electron chi connectivity index (χ0n) is 9.68. The van der Waals surface area contributed by atoms with Gasteiger partial charge in [0.25, 0.3) is 5.69 Å². The van der Waals surface area contributed by atoms with Gasteiger partial charge in [0.15, 0.2) is 10.8 Å². The summed E-state index contributed by atoms with van der Waals surface area (Å²) in [6.07, 6.45) is 0. The lowest BCUT2D eigenvalue weighted by atomic mass is 10.2. The number of nitro benzene ring substituents is 1. The molecule has 2 aromatic rings. The number of nitrogens with zero attached hydrogens (tertiary/aromatic N) is 1. The van der Waals surface area contributed by atoms with Gasteiger partial charge in [-0.15, -0.1) is 0 Å². The van der Waals surface area contributed by atoms with Crippen LogP contribution in [0.4, 0.5) is 5.69 Å². The topological polar surface area (TPSA) is 52.4 Å². The highest BCUT2D eigenvalue weighted by molar-refractivity contribution is 6.38. The molecule has 0 saturated heterocycles. The largest absolute Gasteiger partial charge is 0.485 e. The predicted molar refractivity (Wildman–Crippen MR) is 73.9 cm³/mol. The number of benzene rings is 2. The third-order valence-electron chi connectivity index (χ3n) is 2.45. The Labute approximate surface area is 119 Å². The lowest BCUT2D eigenvalue weighted by molar-refractivity contribution is -0.384. The zero-order chi connectivity index (χ0) is 13.8. The number of hydrogen-bond donors (Lipinski definition) is 0.